The van der Waals surface area contributed by atoms with E-state index in [1.165, 1.54) is 5.69 Å². The maximum atomic E-state index is 11.9. The molecular formula is C28H31F3N6O3. The van der Waals surface area contributed by atoms with Gasteiger partial charge in [-0.2, -0.15) is 18.4 Å². The van der Waals surface area contributed by atoms with Gasteiger partial charge in [0, 0.05) is 50.7 Å². The zero-order valence-corrected chi connectivity index (χ0v) is 21.6. The van der Waals surface area contributed by atoms with Crippen LogP contribution in [0.4, 0.5) is 30.5 Å². The SMILES string of the molecule is N#Cc1cccc(-c2ccnc(Nc3ccc(N4CCOCC4)cc3)n2)c1.O=C(N1CCC(O)CC1)C(F)(F)F.[HH]. The van der Waals surface area contributed by atoms with E-state index in [1.807, 2.05) is 36.4 Å². The number of nitrogens with one attached hydrogen (secondary N) is 1. The summed E-state index contributed by atoms with van der Waals surface area (Å²) in [7, 11) is 0. The molecule has 5 rings (SSSR count). The zero-order valence-electron chi connectivity index (χ0n) is 21.6. The summed E-state index contributed by atoms with van der Waals surface area (Å²) in [6.45, 7) is 3.35. The lowest BCUT2D eigenvalue weighted by Crippen LogP contribution is -2.46. The summed E-state index contributed by atoms with van der Waals surface area (Å²) < 4.78 is 41.0. The van der Waals surface area contributed by atoms with Crippen LogP contribution in [-0.4, -0.2) is 77.6 Å². The van der Waals surface area contributed by atoms with Gasteiger partial charge in [-0.1, -0.05) is 12.1 Å². The number of hydrogen-bond acceptors (Lipinski definition) is 8. The third kappa shape index (κ3) is 7.91. The second-order valence-electron chi connectivity index (χ2n) is 9.25. The second-order valence-corrected chi connectivity index (χ2v) is 9.25. The number of nitrogens with zero attached hydrogens (tertiary/aromatic N) is 5. The molecule has 0 bridgehead atoms. The summed E-state index contributed by atoms with van der Waals surface area (Å²) in [6, 6.07) is 19.6. The van der Waals surface area contributed by atoms with Crippen LogP contribution < -0.4 is 10.2 Å². The van der Waals surface area contributed by atoms with Crippen molar-refractivity contribution in [2.24, 2.45) is 0 Å². The van der Waals surface area contributed by atoms with Gasteiger partial charge in [0.15, 0.2) is 0 Å². The van der Waals surface area contributed by atoms with E-state index in [2.05, 4.69) is 38.4 Å². The van der Waals surface area contributed by atoms with E-state index in [1.54, 1.807) is 12.3 Å². The molecule has 0 saturated carbocycles. The van der Waals surface area contributed by atoms with Crippen LogP contribution in [0.15, 0.2) is 60.8 Å². The van der Waals surface area contributed by atoms with Crippen LogP contribution in [0.25, 0.3) is 11.3 Å². The van der Waals surface area contributed by atoms with Crippen molar-refractivity contribution >= 4 is 23.2 Å². The standard InChI is InChI=1S/C21H19N5O.C7H10F3NO2.H2/c22-15-16-2-1-3-17(14-16)20-8-9-23-21(25-20)24-18-4-6-19(7-5-18)26-10-12-27-13-11-26;8-7(9,10)6(13)11-3-1-5(12)2-4-11;/h1-9,14H,10-13H2,(H,23,24,25);5,12H,1-4H2;1H. The van der Waals surface area contributed by atoms with E-state index < -0.39 is 18.2 Å². The molecule has 9 nitrogen and oxygen atoms in total. The molecule has 12 heteroatoms. The van der Waals surface area contributed by atoms with Gasteiger partial charge in [-0.15, -0.1) is 0 Å². The number of anilines is 3. The lowest BCUT2D eigenvalue weighted by Gasteiger charge is -2.29. The molecule has 2 aliphatic rings. The van der Waals surface area contributed by atoms with E-state index in [-0.39, 0.29) is 27.4 Å². The van der Waals surface area contributed by atoms with Crippen LogP contribution >= 0.6 is 0 Å². The van der Waals surface area contributed by atoms with E-state index in [0.717, 1.165) is 48.1 Å². The average molecular weight is 557 g/mol. The number of aliphatic hydroxyl groups excluding tert-OH is 1. The highest BCUT2D eigenvalue weighted by Gasteiger charge is 2.43. The zero-order chi connectivity index (χ0) is 28.5. The maximum absolute atomic E-state index is 11.9. The first-order chi connectivity index (χ1) is 19.2. The topological polar surface area (TPSA) is 115 Å². The number of amides is 1. The smallest absolute Gasteiger partial charge is 0.393 e. The lowest BCUT2D eigenvalue weighted by molar-refractivity contribution is -0.187. The molecule has 3 heterocycles. The number of ether oxygens (including phenoxy) is 1. The summed E-state index contributed by atoms with van der Waals surface area (Å²) in [5, 5.41) is 21.3. The molecule has 2 aromatic carbocycles. The number of aromatic nitrogens is 2. The molecule has 0 unspecified atom stereocenters. The third-order valence-electron chi connectivity index (χ3n) is 6.44. The van der Waals surface area contributed by atoms with Gasteiger partial charge in [-0.3, -0.25) is 4.79 Å². The minimum Gasteiger partial charge on any atom is -0.393 e. The number of carbonyl (C=O) groups is 1. The first kappa shape index (κ1) is 28.8. The second kappa shape index (κ2) is 13.2. The normalized spacial score (nSPS) is 16.0. The van der Waals surface area contributed by atoms with Gasteiger partial charge in [0.1, 0.15) is 0 Å². The highest BCUT2D eigenvalue weighted by molar-refractivity contribution is 5.81. The number of carbonyl (C=O) groups excluding carboxylic acids is 1. The highest BCUT2D eigenvalue weighted by Crippen LogP contribution is 2.23. The summed E-state index contributed by atoms with van der Waals surface area (Å²) in [4.78, 5) is 22.6. The van der Waals surface area contributed by atoms with Crippen LogP contribution in [0.3, 0.4) is 0 Å². The first-order valence-electron chi connectivity index (χ1n) is 12.8. The van der Waals surface area contributed by atoms with Crippen molar-refractivity contribution in [1.29, 1.82) is 5.26 Å². The van der Waals surface area contributed by atoms with Gasteiger partial charge in [-0.05, 0) is 55.3 Å². The van der Waals surface area contributed by atoms with Crippen molar-refractivity contribution in [1.82, 2.24) is 14.9 Å². The van der Waals surface area contributed by atoms with Crippen molar-refractivity contribution in [3.63, 3.8) is 0 Å². The Morgan fingerprint density at radius 3 is 2.42 bits per heavy atom. The number of morpholine rings is 1. The molecule has 2 fully saturated rings. The minimum absolute atomic E-state index is 0. The number of likely N-dealkylation sites (tertiary alicyclic amines) is 1. The summed E-state index contributed by atoms with van der Waals surface area (Å²) in [6.07, 6.45) is -3.20. The molecule has 1 aromatic heterocycles. The van der Waals surface area contributed by atoms with Gasteiger partial charge in [0.2, 0.25) is 5.95 Å². The Morgan fingerprint density at radius 1 is 1.07 bits per heavy atom. The number of hydrogen-bond donors (Lipinski definition) is 2. The molecule has 0 atom stereocenters. The molecule has 40 heavy (non-hydrogen) atoms. The highest BCUT2D eigenvalue weighted by atomic mass is 19.4. The lowest BCUT2D eigenvalue weighted by atomic mass is 10.1. The Hall–Kier alpha value is -4.21. The molecule has 3 aromatic rings. The molecule has 0 aliphatic carbocycles. The van der Waals surface area contributed by atoms with E-state index in [0.29, 0.717) is 11.5 Å². The summed E-state index contributed by atoms with van der Waals surface area (Å²) in [5.74, 6) is -1.28. The minimum atomic E-state index is -4.79. The predicted molar refractivity (Wildman–Crippen MR) is 145 cm³/mol. The largest absolute Gasteiger partial charge is 0.471 e. The fourth-order valence-corrected chi connectivity index (χ4v) is 4.28. The third-order valence-corrected chi connectivity index (χ3v) is 6.44. The number of nitriles is 1. The van der Waals surface area contributed by atoms with Gasteiger partial charge in [0.25, 0.3) is 0 Å². The van der Waals surface area contributed by atoms with Crippen LogP contribution in [0.2, 0.25) is 0 Å². The van der Waals surface area contributed by atoms with Crippen molar-refractivity contribution < 1.29 is 29.2 Å². The number of piperidine rings is 1. The molecular weight excluding hydrogens is 525 g/mol. The van der Waals surface area contributed by atoms with Crippen LogP contribution in [-0.2, 0) is 9.53 Å². The Bertz CT molecular complexity index is 1320. The molecule has 2 N–H and O–H groups in total. The van der Waals surface area contributed by atoms with Crippen molar-refractivity contribution in [2.75, 3.05) is 49.6 Å². The fourth-order valence-electron chi connectivity index (χ4n) is 4.28. The molecule has 2 saturated heterocycles. The molecule has 1 amide bonds. The molecule has 0 radical (unpaired) electrons. The number of benzene rings is 2. The fraction of sp³-hybridized carbons (Fsp3) is 0.357. The Labute approximate surface area is 231 Å². The number of aliphatic hydroxyl groups is 1. The van der Waals surface area contributed by atoms with Crippen molar-refractivity contribution in [2.45, 2.75) is 25.1 Å². The average Bonchev–Trinajstić information content (AvgIpc) is 2.98. The van der Waals surface area contributed by atoms with E-state index in [4.69, 9.17) is 15.1 Å². The predicted octanol–water partition coefficient (Wildman–Crippen LogP) is 4.37. The number of rotatable bonds is 4. The van der Waals surface area contributed by atoms with Gasteiger partial charge in [0.05, 0.1) is 36.6 Å². The monoisotopic (exact) mass is 556 g/mol. The van der Waals surface area contributed by atoms with Gasteiger partial charge in [-0.25, -0.2) is 9.97 Å². The van der Waals surface area contributed by atoms with Crippen LogP contribution in [0.1, 0.15) is 19.8 Å². The first-order valence-corrected chi connectivity index (χ1v) is 12.8. The van der Waals surface area contributed by atoms with E-state index in [9.17, 15) is 18.0 Å². The van der Waals surface area contributed by atoms with Crippen LogP contribution in [0.5, 0.6) is 0 Å². The summed E-state index contributed by atoms with van der Waals surface area (Å²) in [5.41, 5.74) is 4.39. The molecule has 212 valence electrons. The van der Waals surface area contributed by atoms with Crippen molar-refractivity contribution in [3.05, 3.63) is 66.4 Å². The van der Waals surface area contributed by atoms with Crippen LogP contribution in [0, 0.1) is 11.3 Å². The quantitative estimate of drug-likeness (QED) is 0.487. The maximum Gasteiger partial charge on any atom is 0.471 e. The Balaban J connectivity index is 0.000000280. The van der Waals surface area contributed by atoms with Gasteiger partial charge >= 0.3 is 12.1 Å². The number of alkyl halides is 3. The molecule has 0 spiro atoms. The van der Waals surface area contributed by atoms with E-state index >= 15 is 0 Å². The number of halogens is 3. The molecule has 2 aliphatic heterocycles. The Kier molecular flexibility index (Phi) is 9.52. The Morgan fingerprint density at radius 2 is 1.77 bits per heavy atom. The van der Waals surface area contributed by atoms with Crippen molar-refractivity contribution in [3.8, 4) is 17.3 Å². The summed E-state index contributed by atoms with van der Waals surface area (Å²) >= 11 is 0. The van der Waals surface area contributed by atoms with Gasteiger partial charge < -0.3 is 25.0 Å².